The summed E-state index contributed by atoms with van der Waals surface area (Å²) in [7, 11) is 0. The first kappa shape index (κ1) is 24.6. The molecule has 0 aromatic heterocycles. The molecule has 2 heterocycles. The van der Waals surface area contributed by atoms with Crippen molar-refractivity contribution in [1.82, 2.24) is 9.80 Å². The Morgan fingerprint density at radius 2 is 0.967 bits per heavy atom. The lowest BCUT2D eigenvalue weighted by Crippen LogP contribution is -2.70. The maximum absolute atomic E-state index is 14.2. The molecule has 0 aromatic carbocycles. The van der Waals surface area contributed by atoms with Crippen LogP contribution in [-0.2, 0) is 9.59 Å². The molecule has 0 radical (unpaired) electrons. The van der Waals surface area contributed by atoms with Gasteiger partial charge in [0.1, 0.15) is 0 Å². The molecule has 12 heteroatoms. The van der Waals surface area contributed by atoms with E-state index >= 15 is 0 Å². The number of amides is 2. The number of carbonyl (C=O) groups is 2. The molecule has 30 heavy (non-hydrogen) atoms. The maximum Gasteiger partial charge on any atom is 0.392 e. The summed E-state index contributed by atoms with van der Waals surface area (Å²) in [5.41, 5.74) is 0. The second-order valence-corrected chi connectivity index (χ2v) is 8.29. The van der Waals surface area contributed by atoms with Crippen molar-refractivity contribution in [1.29, 1.82) is 0 Å². The van der Waals surface area contributed by atoms with E-state index in [9.17, 15) is 44.7 Å². The molecular weight excluding hydrogens is 428 g/mol. The van der Waals surface area contributed by atoms with Crippen LogP contribution >= 0.6 is 0 Å². The number of likely N-dealkylation sites (tertiary alicyclic amines) is 2. The average Bonchev–Trinajstić information content (AvgIpc) is 2.66. The lowest BCUT2D eigenvalue weighted by Gasteiger charge is -2.40. The fourth-order valence-corrected chi connectivity index (χ4v) is 3.81. The normalized spacial score (nSPS) is 24.7. The fraction of sp³-hybridized carbons (Fsp3) is 0.889. The van der Waals surface area contributed by atoms with Crippen LogP contribution in [0.1, 0.15) is 39.5 Å². The van der Waals surface area contributed by atoms with Crippen molar-refractivity contribution in [2.75, 3.05) is 26.2 Å². The van der Waals surface area contributed by atoms with Gasteiger partial charge in [0.2, 0.25) is 0 Å². The van der Waals surface area contributed by atoms with E-state index in [1.54, 1.807) is 0 Å². The van der Waals surface area contributed by atoms with Gasteiger partial charge in [0.25, 0.3) is 11.8 Å². The second kappa shape index (κ2) is 8.14. The Bertz CT molecular complexity index is 615. The van der Waals surface area contributed by atoms with Gasteiger partial charge in [-0.25, -0.2) is 0 Å². The molecule has 0 N–H and O–H groups in total. The Balaban J connectivity index is 2.32. The van der Waals surface area contributed by atoms with Crippen molar-refractivity contribution < 1.29 is 44.7 Å². The standard InChI is InChI=1S/C18H24F8N2O2/c1-11-5-3-7-27(9-11)13(29)15(19,20)17(23,24)18(25,26)16(21,22)14(30)28-8-4-6-12(2)10-28/h11-12H,3-10H2,1-2H3. The highest BCUT2D eigenvalue weighted by Gasteiger charge is 2.85. The fourth-order valence-electron chi connectivity index (χ4n) is 3.81. The molecule has 2 atom stereocenters. The molecule has 2 aliphatic heterocycles. The van der Waals surface area contributed by atoms with E-state index in [1.165, 1.54) is 13.8 Å². The molecule has 2 unspecified atom stereocenters. The second-order valence-electron chi connectivity index (χ2n) is 8.29. The zero-order valence-electron chi connectivity index (χ0n) is 16.5. The van der Waals surface area contributed by atoms with Crippen LogP contribution in [0.15, 0.2) is 0 Å². The summed E-state index contributed by atoms with van der Waals surface area (Å²) < 4.78 is 114. The minimum Gasteiger partial charge on any atom is -0.337 e. The number of hydrogen-bond donors (Lipinski definition) is 0. The van der Waals surface area contributed by atoms with Gasteiger partial charge < -0.3 is 9.80 Å². The predicted octanol–water partition coefficient (Wildman–Crippen LogP) is 4.04. The largest absolute Gasteiger partial charge is 0.392 e. The zero-order valence-corrected chi connectivity index (χ0v) is 16.5. The van der Waals surface area contributed by atoms with E-state index in [0.29, 0.717) is 12.8 Å². The van der Waals surface area contributed by atoms with Gasteiger partial charge in [0, 0.05) is 26.2 Å². The minimum absolute atomic E-state index is 0.173. The number of carbonyl (C=O) groups excluding carboxylic acids is 2. The molecule has 0 saturated carbocycles. The number of halogens is 8. The van der Waals surface area contributed by atoms with Gasteiger partial charge in [0.15, 0.2) is 0 Å². The van der Waals surface area contributed by atoms with Crippen molar-refractivity contribution in [3.05, 3.63) is 0 Å². The van der Waals surface area contributed by atoms with Gasteiger partial charge in [0.05, 0.1) is 0 Å². The van der Waals surface area contributed by atoms with E-state index < -0.39 is 48.6 Å². The molecule has 0 aliphatic carbocycles. The molecule has 174 valence electrons. The van der Waals surface area contributed by atoms with Crippen LogP contribution in [0.5, 0.6) is 0 Å². The summed E-state index contributed by atoms with van der Waals surface area (Å²) >= 11 is 0. The molecule has 0 spiro atoms. The Morgan fingerprint density at radius 1 is 0.667 bits per heavy atom. The van der Waals surface area contributed by atoms with E-state index in [0.717, 1.165) is 0 Å². The monoisotopic (exact) mass is 452 g/mol. The Hall–Kier alpha value is -1.62. The summed E-state index contributed by atoms with van der Waals surface area (Å²) in [5.74, 6) is -31.9. The van der Waals surface area contributed by atoms with Crippen molar-refractivity contribution in [2.24, 2.45) is 11.8 Å². The third kappa shape index (κ3) is 3.98. The van der Waals surface area contributed by atoms with Gasteiger partial charge in [-0.15, -0.1) is 0 Å². The topological polar surface area (TPSA) is 40.6 Å². The minimum atomic E-state index is -6.79. The lowest BCUT2D eigenvalue weighted by atomic mass is 9.93. The van der Waals surface area contributed by atoms with Crippen molar-refractivity contribution in [2.45, 2.75) is 63.2 Å². The molecule has 0 bridgehead atoms. The molecule has 2 rings (SSSR count). The molecule has 0 aromatic rings. The van der Waals surface area contributed by atoms with Crippen LogP contribution in [0.4, 0.5) is 35.1 Å². The Labute approximate surface area is 168 Å². The highest BCUT2D eigenvalue weighted by molar-refractivity contribution is 5.87. The average molecular weight is 452 g/mol. The first-order chi connectivity index (χ1) is 13.6. The first-order valence-electron chi connectivity index (χ1n) is 9.67. The lowest BCUT2D eigenvalue weighted by molar-refractivity contribution is -0.351. The number of piperidine rings is 2. The first-order valence-corrected chi connectivity index (χ1v) is 9.67. The Kier molecular flexibility index (Phi) is 6.69. The quantitative estimate of drug-likeness (QED) is 0.591. The zero-order chi connectivity index (χ0) is 23.1. The van der Waals surface area contributed by atoms with E-state index in [4.69, 9.17) is 0 Å². The van der Waals surface area contributed by atoms with Crippen molar-refractivity contribution in [3.8, 4) is 0 Å². The van der Waals surface area contributed by atoms with Gasteiger partial charge in [-0.3, -0.25) is 9.59 Å². The third-order valence-corrected chi connectivity index (χ3v) is 5.61. The predicted molar refractivity (Wildman–Crippen MR) is 89.7 cm³/mol. The SMILES string of the molecule is CC1CCCN(C(=O)C(F)(F)C(F)(F)C(F)(F)C(F)(F)C(=O)N2CCCC(C)C2)C1. The summed E-state index contributed by atoms with van der Waals surface area (Å²) in [4.78, 5) is 24.4. The maximum atomic E-state index is 14.2. The van der Waals surface area contributed by atoms with Crippen LogP contribution in [0.2, 0.25) is 0 Å². The van der Waals surface area contributed by atoms with Gasteiger partial charge in [-0.2, -0.15) is 35.1 Å². The Morgan fingerprint density at radius 3 is 1.23 bits per heavy atom. The van der Waals surface area contributed by atoms with Crippen LogP contribution < -0.4 is 0 Å². The number of hydrogen-bond acceptors (Lipinski definition) is 2. The van der Waals surface area contributed by atoms with E-state index in [2.05, 4.69) is 0 Å². The highest BCUT2D eigenvalue weighted by Crippen LogP contribution is 2.53. The van der Waals surface area contributed by atoms with E-state index in [-0.39, 0.29) is 47.6 Å². The summed E-state index contributed by atoms with van der Waals surface area (Å²) in [6, 6.07) is 0. The highest BCUT2D eigenvalue weighted by atomic mass is 19.4. The number of nitrogens with zero attached hydrogens (tertiary/aromatic N) is 2. The molecule has 2 saturated heterocycles. The van der Waals surface area contributed by atoms with Crippen LogP contribution in [0.25, 0.3) is 0 Å². The number of alkyl halides is 8. The molecule has 2 fully saturated rings. The van der Waals surface area contributed by atoms with Gasteiger partial charge in [-0.1, -0.05) is 13.8 Å². The molecular formula is C18H24F8N2O2. The van der Waals surface area contributed by atoms with Crippen LogP contribution in [0.3, 0.4) is 0 Å². The van der Waals surface area contributed by atoms with Crippen LogP contribution in [-0.4, -0.2) is 71.5 Å². The van der Waals surface area contributed by atoms with Crippen LogP contribution in [0, 0.1) is 11.8 Å². The van der Waals surface area contributed by atoms with Gasteiger partial charge >= 0.3 is 23.7 Å². The molecule has 2 amide bonds. The summed E-state index contributed by atoms with van der Waals surface area (Å²) in [6.45, 7) is 1.52. The molecule has 4 nitrogen and oxygen atoms in total. The van der Waals surface area contributed by atoms with Gasteiger partial charge in [-0.05, 0) is 37.5 Å². The van der Waals surface area contributed by atoms with E-state index in [1.807, 2.05) is 0 Å². The van der Waals surface area contributed by atoms with Crippen molar-refractivity contribution in [3.63, 3.8) is 0 Å². The van der Waals surface area contributed by atoms with Crippen molar-refractivity contribution >= 4 is 11.8 Å². The molecule has 2 aliphatic rings. The summed E-state index contributed by atoms with van der Waals surface area (Å²) in [6.07, 6.45) is 1.35. The number of rotatable bonds is 5. The summed E-state index contributed by atoms with van der Waals surface area (Å²) in [5, 5.41) is 0. The smallest absolute Gasteiger partial charge is 0.337 e. The third-order valence-electron chi connectivity index (χ3n) is 5.61.